The average molecular weight is 438 g/mol. The van der Waals surface area contributed by atoms with Crippen LogP contribution in [0.25, 0.3) is 32.8 Å². The van der Waals surface area contributed by atoms with Gasteiger partial charge in [0.2, 0.25) is 0 Å². The molecule has 0 aliphatic rings. The maximum atomic E-state index is 12.4. The number of rotatable bonds is 7. The zero-order valence-corrected chi connectivity index (χ0v) is 18.3. The fourth-order valence-electron chi connectivity index (χ4n) is 3.01. The molecule has 160 valence electrons. The number of aliphatic hydroxyl groups excluding tert-OH is 1. The molecule has 2 N–H and O–H groups in total. The molecule has 2 heterocycles. The lowest BCUT2D eigenvalue weighted by Gasteiger charge is -2.21. The second kappa shape index (κ2) is 8.49. The maximum absolute atomic E-state index is 12.4. The second-order valence-corrected chi connectivity index (χ2v) is 9.04. The number of fused-ring (bicyclic) bond motifs is 1. The zero-order chi connectivity index (χ0) is 22.0. The van der Waals surface area contributed by atoms with Crippen molar-refractivity contribution in [3.05, 3.63) is 53.5 Å². The Morgan fingerprint density at radius 2 is 1.94 bits per heavy atom. The van der Waals surface area contributed by atoms with E-state index in [9.17, 15) is 9.90 Å². The first-order valence-electron chi connectivity index (χ1n) is 9.79. The monoisotopic (exact) mass is 437 g/mol. The molecule has 1 amide bonds. The largest absolute Gasteiger partial charge is 0.497 e. The second-order valence-electron chi connectivity index (χ2n) is 8.01. The van der Waals surface area contributed by atoms with Gasteiger partial charge in [0, 0.05) is 18.6 Å². The smallest absolute Gasteiger partial charge is 0.263 e. The number of carbonyl (C=O) groups is 1. The fourth-order valence-corrected chi connectivity index (χ4v) is 3.83. The van der Waals surface area contributed by atoms with Gasteiger partial charge in [-0.2, -0.15) is 0 Å². The summed E-state index contributed by atoms with van der Waals surface area (Å²) in [6.07, 6.45) is 1.54. The summed E-state index contributed by atoms with van der Waals surface area (Å²) in [5.41, 5.74) is 2.92. The molecular formula is C23H23N3O4S. The SMILES string of the molecule is COc1ccc(-c2ccc3c(-c4ncc(C(=O)NCC(C)(C)CO)s4)noc3c2)cc1. The molecule has 0 spiro atoms. The van der Waals surface area contributed by atoms with E-state index in [0.29, 0.717) is 27.7 Å². The number of hydrogen-bond donors (Lipinski definition) is 2. The van der Waals surface area contributed by atoms with Gasteiger partial charge in [0.15, 0.2) is 5.58 Å². The van der Waals surface area contributed by atoms with Gasteiger partial charge in [0.1, 0.15) is 21.3 Å². The van der Waals surface area contributed by atoms with Gasteiger partial charge in [-0.25, -0.2) is 4.98 Å². The highest BCUT2D eigenvalue weighted by Gasteiger charge is 2.21. The molecule has 0 fully saturated rings. The van der Waals surface area contributed by atoms with Crippen LogP contribution in [-0.4, -0.2) is 41.4 Å². The Bertz CT molecular complexity index is 1210. The van der Waals surface area contributed by atoms with Crippen molar-refractivity contribution in [2.45, 2.75) is 13.8 Å². The maximum Gasteiger partial charge on any atom is 0.263 e. The van der Waals surface area contributed by atoms with Gasteiger partial charge in [-0.1, -0.05) is 37.2 Å². The summed E-state index contributed by atoms with van der Waals surface area (Å²) < 4.78 is 10.8. The molecule has 0 bridgehead atoms. The number of methoxy groups -OCH3 is 1. The number of aromatic nitrogens is 2. The Morgan fingerprint density at radius 3 is 2.65 bits per heavy atom. The Hall–Kier alpha value is -3.23. The van der Waals surface area contributed by atoms with Crippen LogP contribution in [0.15, 0.2) is 53.2 Å². The standard InChI is InChI=1S/C23H23N3O4S/c1-23(2,13-27)12-25-21(28)19-11-24-22(31-19)20-17-9-6-15(10-18(17)30-26-20)14-4-7-16(29-3)8-5-14/h4-11,27H,12-13H2,1-3H3,(H,25,28). The van der Waals surface area contributed by atoms with Gasteiger partial charge in [0.25, 0.3) is 5.91 Å². The summed E-state index contributed by atoms with van der Waals surface area (Å²) in [6, 6.07) is 13.7. The van der Waals surface area contributed by atoms with E-state index in [2.05, 4.69) is 15.5 Å². The van der Waals surface area contributed by atoms with Gasteiger partial charge in [-0.3, -0.25) is 4.79 Å². The molecule has 2 aromatic heterocycles. The normalized spacial score (nSPS) is 11.6. The first-order chi connectivity index (χ1) is 14.9. The van der Waals surface area contributed by atoms with Crippen LogP contribution in [0.4, 0.5) is 0 Å². The van der Waals surface area contributed by atoms with Crippen LogP contribution in [-0.2, 0) is 0 Å². The van der Waals surface area contributed by atoms with Crippen molar-refractivity contribution in [2.75, 3.05) is 20.3 Å². The van der Waals surface area contributed by atoms with E-state index in [1.165, 1.54) is 17.5 Å². The van der Waals surface area contributed by atoms with E-state index in [4.69, 9.17) is 9.26 Å². The van der Waals surface area contributed by atoms with Crippen molar-refractivity contribution in [1.29, 1.82) is 0 Å². The number of amides is 1. The van der Waals surface area contributed by atoms with Gasteiger partial charge >= 0.3 is 0 Å². The predicted molar refractivity (Wildman–Crippen MR) is 120 cm³/mol. The molecule has 0 aliphatic carbocycles. The topological polar surface area (TPSA) is 97.5 Å². The molecule has 8 heteroatoms. The van der Waals surface area contributed by atoms with E-state index in [-0.39, 0.29) is 17.9 Å². The third-order valence-corrected chi connectivity index (χ3v) is 5.99. The summed E-state index contributed by atoms with van der Waals surface area (Å²) in [7, 11) is 1.64. The number of benzene rings is 2. The number of nitrogens with one attached hydrogen (secondary N) is 1. The molecule has 0 aliphatic heterocycles. The van der Waals surface area contributed by atoms with Crippen molar-refractivity contribution in [3.63, 3.8) is 0 Å². The lowest BCUT2D eigenvalue weighted by atomic mass is 9.95. The van der Waals surface area contributed by atoms with Crippen molar-refractivity contribution in [2.24, 2.45) is 5.41 Å². The lowest BCUT2D eigenvalue weighted by molar-refractivity contribution is 0.0915. The number of carbonyl (C=O) groups excluding carboxylic acids is 1. The van der Waals surface area contributed by atoms with Crippen LogP contribution in [0, 0.1) is 5.41 Å². The molecule has 0 radical (unpaired) electrons. The minimum atomic E-state index is -0.382. The van der Waals surface area contributed by atoms with Crippen LogP contribution in [0.5, 0.6) is 5.75 Å². The minimum absolute atomic E-state index is 0.00926. The van der Waals surface area contributed by atoms with Gasteiger partial charge in [-0.15, -0.1) is 11.3 Å². The lowest BCUT2D eigenvalue weighted by Crippen LogP contribution is -2.35. The van der Waals surface area contributed by atoms with Crippen LogP contribution in [0.3, 0.4) is 0 Å². The molecule has 4 rings (SSSR count). The molecule has 0 saturated carbocycles. The summed E-state index contributed by atoms with van der Waals surface area (Å²) in [5, 5.41) is 17.8. The first-order valence-corrected chi connectivity index (χ1v) is 10.6. The number of aliphatic hydroxyl groups is 1. The van der Waals surface area contributed by atoms with Crippen LogP contribution in [0.1, 0.15) is 23.5 Å². The quantitative estimate of drug-likeness (QED) is 0.445. The van der Waals surface area contributed by atoms with Crippen molar-refractivity contribution < 1.29 is 19.2 Å². The van der Waals surface area contributed by atoms with E-state index in [0.717, 1.165) is 22.3 Å². The molecule has 2 aromatic carbocycles. The van der Waals surface area contributed by atoms with Crippen molar-refractivity contribution in [3.8, 4) is 27.6 Å². The highest BCUT2D eigenvalue weighted by molar-refractivity contribution is 7.17. The third kappa shape index (κ3) is 4.45. The molecule has 31 heavy (non-hydrogen) atoms. The average Bonchev–Trinajstić information content (AvgIpc) is 3.44. The molecule has 0 saturated heterocycles. The Morgan fingerprint density at radius 1 is 1.19 bits per heavy atom. The molecule has 0 atom stereocenters. The summed E-state index contributed by atoms with van der Waals surface area (Å²) in [4.78, 5) is 17.3. The molecule has 7 nitrogen and oxygen atoms in total. The fraction of sp³-hybridized carbons (Fsp3) is 0.261. The van der Waals surface area contributed by atoms with Gasteiger partial charge < -0.3 is 19.7 Å². The molecule has 0 unspecified atom stereocenters. The van der Waals surface area contributed by atoms with Crippen LogP contribution in [0.2, 0.25) is 0 Å². The first kappa shape index (κ1) is 21.0. The number of ether oxygens (including phenoxy) is 1. The third-order valence-electron chi connectivity index (χ3n) is 4.98. The van der Waals surface area contributed by atoms with Crippen molar-refractivity contribution in [1.82, 2.24) is 15.5 Å². The zero-order valence-electron chi connectivity index (χ0n) is 17.5. The van der Waals surface area contributed by atoms with E-state index >= 15 is 0 Å². The summed E-state index contributed by atoms with van der Waals surface area (Å²) >= 11 is 1.25. The van der Waals surface area contributed by atoms with E-state index in [1.54, 1.807) is 7.11 Å². The Kier molecular flexibility index (Phi) is 5.75. The minimum Gasteiger partial charge on any atom is -0.497 e. The number of nitrogens with zero attached hydrogens (tertiary/aromatic N) is 2. The highest BCUT2D eigenvalue weighted by atomic mass is 32.1. The Labute approximate surface area is 183 Å². The number of thiazole rings is 1. The van der Waals surface area contributed by atoms with Crippen LogP contribution >= 0.6 is 11.3 Å². The van der Waals surface area contributed by atoms with Crippen molar-refractivity contribution >= 4 is 28.2 Å². The van der Waals surface area contributed by atoms with E-state index < -0.39 is 0 Å². The van der Waals surface area contributed by atoms with Gasteiger partial charge in [-0.05, 0) is 35.4 Å². The van der Waals surface area contributed by atoms with E-state index in [1.807, 2.05) is 56.3 Å². The van der Waals surface area contributed by atoms with Gasteiger partial charge in [0.05, 0.1) is 18.7 Å². The molecular weight excluding hydrogens is 414 g/mol. The Balaban J connectivity index is 1.56. The molecule has 4 aromatic rings. The van der Waals surface area contributed by atoms with Crippen LogP contribution < -0.4 is 10.1 Å². The predicted octanol–water partition coefficient (Wildman–Crippen LogP) is 4.38. The summed E-state index contributed by atoms with van der Waals surface area (Å²) in [6.45, 7) is 4.13. The summed E-state index contributed by atoms with van der Waals surface area (Å²) in [5.74, 6) is 0.579. The highest BCUT2D eigenvalue weighted by Crippen LogP contribution is 2.33. The number of hydrogen-bond acceptors (Lipinski definition) is 7.